The van der Waals surface area contributed by atoms with Gasteiger partial charge in [-0.15, -0.1) is 0 Å². The number of rotatable bonds is 10. The number of nitrogens with one attached hydrogen (secondary N) is 1. The zero-order valence-electron chi connectivity index (χ0n) is 11.9. The van der Waals surface area contributed by atoms with Crippen LogP contribution in [0.5, 0.6) is 0 Å². The fraction of sp³-hybridized carbons (Fsp3) is 1.00. The van der Waals surface area contributed by atoms with Crippen LogP contribution in [0.25, 0.3) is 0 Å². The van der Waals surface area contributed by atoms with Crippen molar-refractivity contribution in [2.45, 2.75) is 39.7 Å². The van der Waals surface area contributed by atoms with Crippen LogP contribution in [0.1, 0.15) is 33.6 Å². The first-order valence-electron chi connectivity index (χ1n) is 6.70. The Morgan fingerprint density at radius 1 is 1.06 bits per heavy atom. The van der Waals surface area contributed by atoms with Gasteiger partial charge in [0.15, 0.2) is 0 Å². The van der Waals surface area contributed by atoms with Crippen molar-refractivity contribution in [1.29, 1.82) is 0 Å². The molecule has 0 aromatic carbocycles. The van der Waals surface area contributed by atoms with E-state index >= 15 is 0 Å². The van der Waals surface area contributed by atoms with E-state index in [9.17, 15) is 0 Å². The molecule has 0 rings (SSSR count). The average Bonchev–Trinajstić information content (AvgIpc) is 2.23. The van der Waals surface area contributed by atoms with Crippen molar-refractivity contribution in [3.05, 3.63) is 0 Å². The van der Waals surface area contributed by atoms with Crippen molar-refractivity contribution < 1.29 is 0 Å². The van der Waals surface area contributed by atoms with Crippen LogP contribution >= 0.6 is 0 Å². The summed E-state index contributed by atoms with van der Waals surface area (Å²) in [7, 11) is 4.28. The van der Waals surface area contributed by atoms with Gasteiger partial charge >= 0.3 is 0 Å². The summed E-state index contributed by atoms with van der Waals surface area (Å²) in [6.45, 7) is 12.6. The molecular weight excluding hydrogens is 198 g/mol. The first-order valence-corrected chi connectivity index (χ1v) is 6.70. The molecule has 1 N–H and O–H groups in total. The quantitative estimate of drug-likeness (QED) is 0.614. The van der Waals surface area contributed by atoms with E-state index in [0.29, 0.717) is 6.04 Å². The summed E-state index contributed by atoms with van der Waals surface area (Å²) >= 11 is 0. The minimum absolute atomic E-state index is 0.646. The second kappa shape index (κ2) is 10.1. The van der Waals surface area contributed by atoms with Gasteiger partial charge in [0.25, 0.3) is 0 Å². The SMILES string of the molecule is CCNC(C)CCN(CC)CCCN(C)C. The van der Waals surface area contributed by atoms with Gasteiger partial charge in [-0.25, -0.2) is 0 Å². The van der Waals surface area contributed by atoms with Gasteiger partial charge in [-0.05, 0) is 66.6 Å². The highest BCUT2D eigenvalue weighted by Gasteiger charge is 2.05. The molecule has 0 aliphatic rings. The lowest BCUT2D eigenvalue weighted by Gasteiger charge is -2.23. The lowest BCUT2D eigenvalue weighted by molar-refractivity contribution is 0.254. The summed E-state index contributed by atoms with van der Waals surface area (Å²) in [5, 5.41) is 3.46. The Bertz CT molecular complexity index is 148. The van der Waals surface area contributed by atoms with Crippen molar-refractivity contribution >= 4 is 0 Å². The maximum atomic E-state index is 3.46. The standard InChI is InChI=1S/C13H31N3/c1-6-14-13(3)9-12-16(7-2)11-8-10-15(4)5/h13-14H,6-12H2,1-5H3. The van der Waals surface area contributed by atoms with E-state index < -0.39 is 0 Å². The van der Waals surface area contributed by atoms with E-state index in [1.54, 1.807) is 0 Å². The molecule has 0 aromatic rings. The Morgan fingerprint density at radius 3 is 2.25 bits per heavy atom. The van der Waals surface area contributed by atoms with Crippen LogP contribution in [-0.4, -0.2) is 62.7 Å². The smallest absolute Gasteiger partial charge is 0.00507 e. The van der Waals surface area contributed by atoms with Crippen molar-refractivity contribution in [3.63, 3.8) is 0 Å². The minimum Gasteiger partial charge on any atom is -0.314 e. The van der Waals surface area contributed by atoms with Gasteiger partial charge in [0.1, 0.15) is 0 Å². The molecular formula is C13H31N3. The van der Waals surface area contributed by atoms with Crippen LogP contribution in [0.2, 0.25) is 0 Å². The molecule has 0 saturated heterocycles. The Balaban J connectivity index is 3.58. The molecule has 3 nitrogen and oxygen atoms in total. The highest BCUT2D eigenvalue weighted by Crippen LogP contribution is 1.98. The number of hydrogen-bond acceptors (Lipinski definition) is 3. The van der Waals surface area contributed by atoms with Crippen LogP contribution in [0.4, 0.5) is 0 Å². The molecule has 98 valence electrons. The normalized spacial score (nSPS) is 13.7. The summed E-state index contributed by atoms with van der Waals surface area (Å²) in [6, 6.07) is 0.646. The summed E-state index contributed by atoms with van der Waals surface area (Å²) in [6.07, 6.45) is 2.53. The van der Waals surface area contributed by atoms with E-state index in [1.807, 2.05) is 0 Å². The first kappa shape index (κ1) is 15.9. The molecule has 3 heteroatoms. The minimum atomic E-state index is 0.646. The van der Waals surface area contributed by atoms with E-state index in [-0.39, 0.29) is 0 Å². The van der Waals surface area contributed by atoms with Crippen LogP contribution in [0, 0.1) is 0 Å². The number of hydrogen-bond donors (Lipinski definition) is 1. The molecule has 1 unspecified atom stereocenters. The van der Waals surface area contributed by atoms with Crippen LogP contribution in [0.15, 0.2) is 0 Å². The van der Waals surface area contributed by atoms with Crippen molar-refractivity contribution in [2.75, 3.05) is 46.8 Å². The van der Waals surface area contributed by atoms with Crippen molar-refractivity contribution in [1.82, 2.24) is 15.1 Å². The molecule has 0 fully saturated rings. The lowest BCUT2D eigenvalue weighted by atomic mass is 10.2. The fourth-order valence-corrected chi connectivity index (χ4v) is 1.87. The summed E-state index contributed by atoms with van der Waals surface area (Å²) in [5.74, 6) is 0. The molecule has 0 aliphatic carbocycles. The lowest BCUT2D eigenvalue weighted by Crippen LogP contribution is -2.33. The summed E-state index contributed by atoms with van der Waals surface area (Å²) in [4.78, 5) is 4.81. The average molecular weight is 229 g/mol. The fourth-order valence-electron chi connectivity index (χ4n) is 1.87. The Morgan fingerprint density at radius 2 is 1.75 bits per heavy atom. The maximum Gasteiger partial charge on any atom is 0.00507 e. The number of nitrogens with zero attached hydrogens (tertiary/aromatic N) is 2. The molecule has 0 aromatic heterocycles. The zero-order chi connectivity index (χ0) is 12.4. The Labute approximate surface area is 102 Å². The Kier molecular flexibility index (Phi) is 9.99. The summed E-state index contributed by atoms with van der Waals surface area (Å²) in [5.41, 5.74) is 0. The van der Waals surface area contributed by atoms with Gasteiger partial charge in [-0.1, -0.05) is 13.8 Å². The van der Waals surface area contributed by atoms with E-state index in [0.717, 1.165) is 6.54 Å². The van der Waals surface area contributed by atoms with E-state index in [1.165, 1.54) is 39.0 Å². The highest BCUT2D eigenvalue weighted by atomic mass is 15.1. The first-order chi connectivity index (χ1) is 7.60. The second-order valence-corrected chi connectivity index (χ2v) is 4.84. The second-order valence-electron chi connectivity index (χ2n) is 4.84. The predicted octanol–water partition coefficient (Wildman–Crippen LogP) is 1.65. The van der Waals surface area contributed by atoms with Gasteiger partial charge in [0.05, 0.1) is 0 Å². The van der Waals surface area contributed by atoms with E-state index in [4.69, 9.17) is 0 Å². The maximum absolute atomic E-state index is 3.46. The van der Waals surface area contributed by atoms with Crippen molar-refractivity contribution in [2.24, 2.45) is 0 Å². The van der Waals surface area contributed by atoms with Crippen LogP contribution in [0.3, 0.4) is 0 Å². The largest absolute Gasteiger partial charge is 0.314 e. The summed E-state index contributed by atoms with van der Waals surface area (Å²) < 4.78 is 0. The molecule has 0 spiro atoms. The van der Waals surface area contributed by atoms with Gasteiger partial charge in [0.2, 0.25) is 0 Å². The highest BCUT2D eigenvalue weighted by molar-refractivity contribution is 4.64. The molecule has 0 saturated carbocycles. The van der Waals surface area contributed by atoms with E-state index in [2.05, 4.69) is 50.0 Å². The molecule has 0 heterocycles. The molecule has 0 aliphatic heterocycles. The van der Waals surface area contributed by atoms with Gasteiger partial charge in [0, 0.05) is 6.04 Å². The van der Waals surface area contributed by atoms with Crippen LogP contribution in [-0.2, 0) is 0 Å². The Hall–Kier alpha value is -0.120. The zero-order valence-corrected chi connectivity index (χ0v) is 11.9. The van der Waals surface area contributed by atoms with Gasteiger partial charge in [-0.3, -0.25) is 0 Å². The monoisotopic (exact) mass is 229 g/mol. The molecule has 0 amide bonds. The molecule has 0 bridgehead atoms. The van der Waals surface area contributed by atoms with Gasteiger partial charge < -0.3 is 15.1 Å². The van der Waals surface area contributed by atoms with Crippen molar-refractivity contribution in [3.8, 4) is 0 Å². The molecule has 1 atom stereocenters. The molecule has 16 heavy (non-hydrogen) atoms. The third-order valence-corrected chi connectivity index (χ3v) is 2.96. The van der Waals surface area contributed by atoms with Crippen LogP contribution < -0.4 is 5.32 Å². The topological polar surface area (TPSA) is 18.5 Å². The third kappa shape index (κ3) is 9.13. The third-order valence-electron chi connectivity index (χ3n) is 2.96. The molecule has 0 radical (unpaired) electrons. The predicted molar refractivity (Wildman–Crippen MR) is 73.0 cm³/mol. The van der Waals surface area contributed by atoms with Gasteiger partial charge in [-0.2, -0.15) is 0 Å².